The van der Waals surface area contributed by atoms with Crippen LogP contribution in [0.3, 0.4) is 0 Å². The Labute approximate surface area is 108 Å². The zero-order valence-corrected chi connectivity index (χ0v) is 10.5. The molecule has 1 aromatic rings. The van der Waals surface area contributed by atoms with Gasteiger partial charge in [-0.1, -0.05) is 36.4 Å². The molecule has 0 radical (unpaired) electrons. The molecule has 0 aliphatic rings. The van der Waals surface area contributed by atoms with Crippen LogP contribution in [0, 0.1) is 0 Å². The van der Waals surface area contributed by atoms with Crippen LogP contribution < -0.4 is 0 Å². The second-order valence-electron chi connectivity index (χ2n) is 3.54. The summed E-state index contributed by atoms with van der Waals surface area (Å²) in [4.78, 5) is 10.2. The largest absolute Gasteiger partial charge is 0.478 e. The number of aliphatic hydroxyl groups excluding tert-OH is 1. The number of unbranched alkanes of at least 4 members (excludes halogenated alkanes) is 2. The SMILES string of the molecule is C=CCCCC=CCO.O=C(O)c1ccccc1. The maximum absolute atomic E-state index is 10.2. The van der Waals surface area contributed by atoms with E-state index in [1.807, 2.05) is 12.2 Å². The highest BCUT2D eigenvalue weighted by Gasteiger charge is 1.96. The van der Waals surface area contributed by atoms with Crippen molar-refractivity contribution in [2.45, 2.75) is 19.3 Å². The van der Waals surface area contributed by atoms with E-state index in [4.69, 9.17) is 10.2 Å². The number of rotatable bonds is 6. The number of aromatic carboxylic acids is 1. The van der Waals surface area contributed by atoms with E-state index >= 15 is 0 Å². The molecule has 0 bridgehead atoms. The van der Waals surface area contributed by atoms with E-state index in [0.717, 1.165) is 19.3 Å². The van der Waals surface area contributed by atoms with Crippen LogP contribution in [0.5, 0.6) is 0 Å². The highest BCUT2D eigenvalue weighted by Crippen LogP contribution is 1.96. The third-order valence-electron chi connectivity index (χ3n) is 2.07. The van der Waals surface area contributed by atoms with Gasteiger partial charge in [-0.3, -0.25) is 0 Å². The van der Waals surface area contributed by atoms with Gasteiger partial charge in [0.1, 0.15) is 0 Å². The molecule has 3 nitrogen and oxygen atoms in total. The molecular weight excluding hydrogens is 228 g/mol. The summed E-state index contributed by atoms with van der Waals surface area (Å²) in [5.41, 5.74) is 0.331. The van der Waals surface area contributed by atoms with Crippen LogP contribution in [0.15, 0.2) is 55.1 Å². The third kappa shape index (κ3) is 9.36. The van der Waals surface area contributed by atoms with Crippen molar-refractivity contribution < 1.29 is 15.0 Å². The number of allylic oxidation sites excluding steroid dienone is 2. The van der Waals surface area contributed by atoms with Crippen molar-refractivity contribution in [3.63, 3.8) is 0 Å². The monoisotopic (exact) mass is 248 g/mol. The third-order valence-corrected chi connectivity index (χ3v) is 2.07. The first-order valence-electron chi connectivity index (χ1n) is 5.87. The molecule has 0 saturated heterocycles. The van der Waals surface area contributed by atoms with Gasteiger partial charge in [0.05, 0.1) is 12.2 Å². The Morgan fingerprint density at radius 3 is 2.28 bits per heavy atom. The molecular formula is C15H20O3. The van der Waals surface area contributed by atoms with Crippen LogP contribution >= 0.6 is 0 Å². The minimum absolute atomic E-state index is 0.161. The predicted molar refractivity (Wildman–Crippen MR) is 73.7 cm³/mol. The molecule has 0 unspecified atom stereocenters. The molecule has 18 heavy (non-hydrogen) atoms. The molecule has 0 heterocycles. The zero-order chi connectivity index (χ0) is 13.6. The van der Waals surface area contributed by atoms with Crippen molar-refractivity contribution in [1.82, 2.24) is 0 Å². The minimum atomic E-state index is -0.879. The summed E-state index contributed by atoms with van der Waals surface area (Å²) < 4.78 is 0. The fourth-order valence-electron chi connectivity index (χ4n) is 1.15. The van der Waals surface area contributed by atoms with Crippen LogP contribution in [-0.2, 0) is 0 Å². The minimum Gasteiger partial charge on any atom is -0.478 e. The van der Waals surface area contributed by atoms with Crippen molar-refractivity contribution in [3.05, 3.63) is 60.7 Å². The van der Waals surface area contributed by atoms with Crippen LogP contribution in [0.4, 0.5) is 0 Å². The highest BCUT2D eigenvalue weighted by molar-refractivity contribution is 5.87. The van der Waals surface area contributed by atoms with Gasteiger partial charge < -0.3 is 10.2 Å². The molecule has 0 aliphatic heterocycles. The van der Waals surface area contributed by atoms with Gasteiger partial charge in [0, 0.05) is 0 Å². The molecule has 2 N–H and O–H groups in total. The Hall–Kier alpha value is -1.87. The van der Waals surface area contributed by atoms with Crippen LogP contribution in [0.25, 0.3) is 0 Å². The quantitative estimate of drug-likeness (QED) is 0.600. The number of hydrogen-bond acceptors (Lipinski definition) is 2. The summed E-state index contributed by atoms with van der Waals surface area (Å²) >= 11 is 0. The maximum Gasteiger partial charge on any atom is 0.335 e. The number of carbonyl (C=O) groups is 1. The van der Waals surface area contributed by atoms with Gasteiger partial charge in [-0.05, 0) is 31.4 Å². The number of hydrogen-bond donors (Lipinski definition) is 2. The number of carboxylic acids is 1. The van der Waals surface area contributed by atoms with Gasteiger partial charge >= 0.3 is 5.97 Å². The molecule has 1 rings (SSSR count). The second kappa shape index (κ2) is 11.6. The first kappa shape index (κ1) is 16.1. The molecule has 0 fully saturated rings. The maximum atomic E-state index is 10.2. The van der Waals surface area contributed by atoms with Gasteiger partial charge in [0.15, 0.2) is 0 Å². The van der Waals surface area contributed by atoms with Crippen LogP contribution in [0.1, 0.15) is 29.6 Å². The Morgan fingerprint density at radius 1 is 1.17 bits per heavy atom. The zero-order valence-electron chi connectivity index (χ0n) is 10.5. The molecule has 0 spiro atoms. The summed E-state index contributed by atoms with van der Waals surface area (Å²) in [6.07, 6.45) is 8.92. The molecule has 1 aromatic carbocycles. The topological polar surface area (TPSA) is 57.5 Å². The Bertz CT molecular complexity index is 355. The summed E-state index contributed by atoms with van der Waals surface area (Å²) in [5.74, 6) is -0.879. The van der Waals surface area contributed by atoms with E-state index in [1.165, 1.54) is 0 Å². The lowest BCUT2D eigenvalue weighted by Gasteiger charge is -1.88. The summed E-state index contributed by atoms with van der Waals surface area (Å²) in [5, 5.41) is 16.7. The molecule has 0 aliphatic carbocycles. The lowest BCUT2D eigenvalue weighted by molar-refractivity contribution is 0.0697. The lowest BCUT2D eigenvalue weighted by atomic mass is 10.2. The molecule has 0 atom stereocenters. The fraction of sp³-hybridized carbons (Fsp3) is 0.267. The number of carboxylic acid groups (broad SMARTS) is 1. The van der Waals surface area contributed by atoms with Gasteiger partial charge in [-0.15, -0.1) is 6.58 Å². The van der Waals surface area contributed by atoms with E-state index in [-0.39, 0.29) is 6.61 Å². The van der Waals surface area contributed by atoms with E-state index in [2.05, 4.69) is 6.58 Å². The summed E-state index contributed by atoms with van der Waals surface area (Å²) in [6, 6.07) is 8.30. The number of aliphatic hydroxyl groups is 1. The average molecular weight is 248 g/mol. The first-order valence-corrected chi connectivity index (χ1v) is 5.87. The Morgan fingerprint density at radius 2 is 1.83 bits per heavy atom. The van der Waals surface area contributed by atoms with Crippen LogP contribution in [0.2, 0.25) is 0 Å². The number of benzene rings is 1. The van der Waals surface area contributed by atoms with E-state index in [1.54, 1.807) is 36.4 Å². The molecule has 0 saturated carbocycles. The van der Waals surface area contributed by atoms with Gasteiger partial charge in [0.25, 0.3) is 0 Å². The summed E-state index contributed by atoms with van der Waals surface area (Å²) in [6.45, 7) is 3.77. The first-order chi connectivity index (χ1) is 8.72. The van der Waals surface area contributed by atoms with Crippen molar-refractivity contribution in [1.29, 1.82) is 0 Å². The van der Waals surface area contributed by atoms with Crippen molar-refractivity contribution >= 4 is 5.97 Å². The molecule has 98 valence electrons. The standard InChI is InChI=1S/C8H14O.C7H6O2/c1-2-3-4-5-6-7-8-9;8-7(9)6-4-2-1-3-5-6/h2,6-7,9H,1,3-5,8H2;1-5H,(H,8,9). The molecule has 0 amide bonds. The molecule has 0 aromatic heterocycles. The Kier molecular flexibility index (Phi) is 10.4. The van der Waals surface area contributed by atoms with Gasteiger partial charge in [-0.2, -0.15) is 0 Å². The van der Waals surface area contributed by atoms with Crippen molar-refractivity contribution in [2.75, 3.05) is 6.61 Å². The fourth-order valence-corrected chi connectivity index (χ4v) is 1.15. The second-order valence-corrected chi connectivity index (χ2v) is 3.54. The average Bonchev–Trinajstić information content (AvgIpc) is 2.40. The van der Waals surface area contributed by atoms with Crippen LogP contribution in [-0.4, -0.2) is 22.8 Å². The normalized spacial score (nSPS) is 9.61. The predicted octanol–water partition coefficient (Wildman–Crippen LogP) is 3.28. The van der Waals surface area contributed by atoms with E-state index in [0.29, 0.717) is 5.56 Å². The van der Waals surface area contributed by atoms with Crippen molar-refractivity contribution in [2.24, 2.45) is 0 Å². The Balaban J connectivity index is 0.000000321. The van der Waals surface area contributed by atoms with Crippen molar-refractivity contribution in [3.8, 4) is 0 Å². The van der Waals surface area contributed by atoms with Gasteiger partial charge in [-0.25, -0.2) is 4.79 Å². The van der Waals surface area contributed by atoms with E-state index < -0.39 is 5.97 Å². The summed E-state index contributed by atoms with van der Waals surface area (Å²) in [7, 11) is 0. The van der Waals surface area contributed by atoms with Gasteiger partial charge in [0.2, 0.25) is 0 Å². The van der Waals surface area contributed by atoms with E-state index in [9.17, 15) is 4.79 Å². The lowest BCUT2D eigenvalue weighted by Crippen LogP contribution is -1.93. The smallest absolute Gasteiger partial charge is 0.335 e. The molecule has 3 heteroatoms. The highest BCUT2D eigenvalue weighted by atomic mass is 16.4.